The molecule has 0 aliphatic carbocycles. The van der Waals surface area contributed by atoms with Crippen LogP contribution in [0.2, 0.25) is 0 Å². The highest BCUT2D eigenvalue weighted by atomic mass is 79.9. The van der Waals surface area contributed by atoms with Gasteiger partial charge in [-0.3, -0.25) is 19.7 Å². The normalized spacial score (nSPS) is 17.2. The number of carbonyl (C=O) groups is 3. The average Bonchev–Trinajstić information content (AvgIpc) is 2.84. The molecule has 2 aromatic carbocycles. The van der Waals surface area contributed by atoms with Crippen LogP contribution in [0.25, 0.3) is 0 Å². The van der Waals surface area contributed by atoms with Gasteiger partial charge in [-0.2, -0.15) is 0 Å². The highest BCUT2D eigenvalue weighted by Gasteiger charge is 2.31. The molecule has 1 fully saturated rings. The van der Waals surface area contributed by atoms with Crippen molar-refractivity contribution in [3.05, 3.63) is 69.7 Å². The first-order valence-electron chi connectivity index (χ1n) is 6.93. The lowest BCUT2D eigenvalue weighted by molar-refractivity contribution is -0.118. The van der Waals surface area contributed by atoms with E-state index in [1.807, 2.05) is 18.2 Å². The van der Waals surface area contributed by atoms with E-state index in [-0.39, 0.29) is 16.9 Å². The van der Waals surface area contributed by atoms with Gasteiger partial charge in [0.15, 0.2) is 5.78 Å². The molecule has 6 heteroatoms. The molecule has 4 nitrogen and oxygen atoms in total. The number of imide groups is 1. The van der Waals surface area contributed by atoms with E-state index in [1.165, 1.54) is 0 Å². The minimum Gasteiger partial charge on any atom is -0.289 e. The van der Waals surface area contributed by atoms with Crippen LogP contribution in [0.15, 0.2) is 53.0 Å². The summed E-state index contributed by atoms with van der Waals surface area (Å²) in [4.78, 5) is 35.4. The fourth-order valence-corrected chi connectivity index (χ4v) is 3.64. The van der Waals surface area contributed by atoms with Crippen molar-refractivity contribution in [1.29, 1.82) is 0 Å². The van der Waals surface area contributed by atoms with Gasteiger partial charge in [-0.1, -0.05) is 58.0 Å². The van der Waals surface area contributed by atoms with Gasteiger partial charge in [0.25, 0.3) is 5.24 Å². The summed E-state index contributed by atoms with van der Waals surface area (Å²) < 4.78 is 0.844. The second-order valence-corrected chi connectivity index (χ2v) is 7.22. The SMILES string of the molecule is O=C1NC(=O)C(Cc2cccc(C(=O)c3cccc(Br)c3)c2)S1. The predicted octanol–water partition coefficient (Wildman–Crippen LogP) is 3.57. The lowest BCUT2D eigenvalue weighted by Crippen LogP contribution is -2.25. The summed E-state index contributed by atoms with van der Waals surface area (Å²) in [5.41, 5.74) is 2.02. The lowest BCUT2D eigenvalue weighted by Gasteiger charge is -2.08. The standard InChI is InChI=1S/C17H12BrNO3S/c18-13-6-2-5-12(9-13)15(20)11-4-1-3-10(7-11)8-14-16(21)19-17(22)23-14/h1-7,9,14H,8H2,(H,19,21,22). The highest BCUT2D eigenvalue weighted by molar-refractivity contribution is 9.10. The monoisotopic (exact) mass is 389 g/mol. The van der Waals surface area contributed by atoms with Gasteiger partial charge in [-0.25, -0.2) is 0 Å². The number of benzene rings is 2. The summed E-state index contributed by atoms with van der Waals surface area (Å²) in [5.74, 6) is -0.350. The minimum atomic E-state index is -0.432. The Balaban J connectivity index is 1.81. The minimum absolute atomic E-state index is 0.0762. The van der Waals surface area contributed by atoms with E-state index in [2.05, 4.69) is 21.2 Å². The van der Waals surface area contributed by atoms with E-state index in [9.17, 15) is 14.4 Å². The molecule has 1 saturated heterocycles. The molecule has 3 rings (SSSR count). The zero-order valence-electron chi connectivity index (χ0n) is 11.9. The third-order valence-corrected chi connectivity index (χ3v) is 4.94. The van der Waals surface area contributed by atoms with E-state index in [1.54, 1.807) is 30.3 Å². The predicted molar refractivity (Wildman–Crippen MR) is 92.6 cm³/mol. The molecular formula is C17H12BrNO3S. The molecule has 0 bridgehead atoms. The van der Waals surface area contributed by atoms with Crippen molar-refractivity contribution in [2.75, 3.05) is 0 Å². The largest absolute Gasteiger partial charge is 0.289 e. The first-order chi connectivity index (χ1) is 11.0. The maximum absolute atomic E-state index is 12.5. The second kappa shape index (κ2) is 6.68. The third-order valence-electron chi connectivity index (χ3n) is 3.46. The highest BCUT2D eigenvalue weighted by Crippen LogP contribution is 2.24. The van der Waals surface area contributed by atoms with Gasteiger partial charge in [-0.05, 0) is 30.2 Å². The van der Waals surface area contributed by atoms with Gasteiger partial charge in [0.1, 0.15) is 0 Å². The fourth-order valence-electron chi connectivity index (χ4n) is 2.38. The summed E-state index contributed by atoms with van der Waals surface area (Å²) in [7, 11) is 0. The number of ketones is 1. The molecule has 0 aromatic heterocycles. The second-order valence-electron chi connectivity index (χ2n) is 5.13. The summed E-state index contributed by atoms with van der Waals surface area (Å²) in [6, 6.07) is 14.4. The van der Waals surface area contributed by atoms with Crippen molar-refractivity contribution in [1.82, 2.24) is 5.32 Å². The summed E-state index contributed by atoms with van der Waals surface area (Å²) >= 11 is 4.35. The van der Waals surface area contributed by atoms with Crippen molar-refractivity contribution < 1.29 is 14.4 Å². The smallest absolute Gasteiger partial charge is 0.286 e. The summed E-state index contributed by atoms with van der Waals surface area (Å²) in [6.45, 7) is 0. The Morgan fingerprint density at radius 3 is 2.43 bits per heavy atom. The molecule has 1 aliphatic heterocycles. The van der Waals surface area contributed by atoms with Crippen LogP contribution in [-0.2, 0) is 11.2 Å². The van der Waals surface area contributed by atoms with Crippen molar-refractivity contribution >= 4 is 44.6 Å². The van der Waals surface area contributed by atoms with Gasteiger partial charge < -0.3 is 0 Å². The molecular weight excluding hydrogens is 378 g/mol. The van der Waals surface area contributed by atoms with Crippen molar-refractivity contribution in [3.63, 3.8) is 0 Å². The van der Waals surface area contributed by atoms with Crippen molar-refractivity contribution in [3.8, 4) is 0 Å². The molecule has 0 saturated carbocycles. The Morgan fingerprint density at radius 2 is 1.78 bits per heavy atom. The Hall–Kier alpha value is -1.92. The van der Waals surface area contributed by atoms with E-state index < -0.39 is 5.25 Å². The molecule has 1 atom stereocenters. The van der Waals surface area contributed by atoms with Crippen LogP contribution in [0.4, 0.5) is 4.79 Å². The zero-order valence-corrected chi connectivity index (χ0v) is 14.3. The maximum atomic E-state index is 12.5. The van der Waals surface area contributed by atoms with Gasteiger partial charge >= 0.3 is 0 Å². The van der Waals surface area contributed by atoms with Crippen LogP contribution >= 0.6 is 27.7 Å². The fraction of sp³-hybridized carbons (Fsp3) is 0.118. The molecule has 1 N–H and O–H groups in total. The Kier molecular flexibility index (Phi) is 4.63. The number of amides is 2. The quantitative estimate of drug-likeness (QED) is 0.811. The van der Waals surface area contributed by atoms with Crippen LogP contribution < -0.4 is 5.32 Å². The lowest BCUT2D eigenvalue weighted by atomic mass is 9.99. The zero-order chi connectivity index (χ0) is 16.4. The number of carbonyl (C=O) groups excluding carboxylic acids is 3. The number of halogens is 1. The Bertz CT molecular complexity index is 806. The number of hydrogen-bond acceptors (Lipinski definition) is 4. The van der Waals surface area contributed by atoms with Gasteiger partial charge in [0.2, 0.25) is 5.91 Å². The van der Waals surface area contributed by atoms with E-state index in [0.29, 0.717) is 17.5 Å². The first kappa shape index (κ1) is 16.0. The van der Waals surface area contributed by atoms with Gasteiger partial charge in [0.05, 0.1) is 5.25 Å². The van der Waals surface area contributed by atoms with E-state index in [0.717, 1.165) is 21.8 Å². The molecule has 0 radical (unpaired) electrons. The molecule has 1 aliphatic rings. The van der Waals surface area contributed by atoms with Crippen molar-refractivity contribution in [2.24, 2.45) is 0 Å². The number of rotatable bonds is 4. The topological polar surface area (TPSA) is 63.2 Å². The molecule has 23 heavy (non-hydrogen) atoms. The Labute approximate surface area is 145 Å². The Morgan fingerprint density at radius 1 is 1.09 bits per heavy atom. The molecule has 1 unspecified atom stereocenters. The molecule has 1 heterocycles. The first-order valence-corrected chi connectivity index (χ1v) is 8.61. The van der Waals surface area contributed by atoms with Crippen LogP contribution in [0.3, 0.4) is 0 Å². The molecule has 2 aromatic rings. The van der Waals surface area contributed by atoms with Crippen LogP contribution in [0.5, 0.6) is 0 Å². The van der Waals surface area contributed by atoms with E-state index in [4.69, 9.17) is 0 Å². The molecule has 0 spiro atoms. The number of thioether (sulfide) groups is 1. The average molecular weight is 390 g/mol. The summed E-state index contributed by atoms with van der Waals surface area (Å²) in [6.07, 6.45) is 0.418. The van der Waals surface area contributed by atoms with Crippen LogP contribution in [0.1, 0.15) is 21.5 Å². The maximum Gasteiger partial charge on any atom is 0.286 e. The van der Waals surface area contributed by atoms with Gasteiger partial charge in [-0.15, -0.1) is 0 Å². The van der Waals surface area contributed by atoms with Gasteiger partial charge in [0, 0.05) is 15.6 Å². The molecule has 2 amide bonds. The van der Waals surface area contributed by atoms with Crippen molar-refractivity contribution in [2.45, 2.75) is 11.7 Å². The number of nitrogens with one attached hydrogen (secondary N) is 1. The molecule has 116 valence electrons. The third kappa shape index (κ3) is 3.71. The van der Waals surface area contributed by atoms with Crippen LogP contribution in [-0.4, -0.2) is 22.2 Å². The van der Waals surface area contributed by atoms with Crippen LogP contribution in [0, 0.1) is 0 Å². The van der Waals surface area contributed by atoms with E-state index >= 15 is 0 Å². The summed E-state index contributed by atoms with van der Waals surface area (Å²) in [5, 5.41) is 1.52. The number of hydrogen-bond donors (Lipinski definition) is 1.